The van der Waals surface area contributed by atoms with Crippen LogP contribution >= 0.6 is 11.3 Å². The molecule has 2 aliphatic heterocycles. The predicted molar refractivity (Wildman–Crippen MR) is 468 cm³/mol. The minimum atomic E-state index is -0.328. The van der Waals surface area contributed by atoms with Crippen molar-refractivity contribution < 1.29 is 0 Å². The quantitative estimate of drug-likeness (QED) is 0.0995. The Labute approximate surface area is 639 Å². The largest absolute Gasteiger partial charge is 0.310 e. The van der Waals surface area contributed by atoms with E-state index in [1.165, 1.54) is 147 Å². The summed E-state index contributed by atoms with van der Waals surface area (Å²) in [6.07, 6.45) is 0. The van der Waals surface area contributed by atoms with Crippen LogP contribution in [0.1, 0.15) is 79.0 Å². The van der Waals surface area contributed by atoms with Gasteiger partial charge in [-0.3, -0.25) is 0 Å². The van der Waals surface area contributed by atoms with Crippen LogP contribution < -0.4 is 26.2 Å². The Morgan fingerprint density at radius 2 is 0.583 bits per heavy atom. The fourth-order valence-corrected chi connectivity index (χ4v) is 18.6. The van der Waals surface area contributed by atoms with E-state index in [1.54, 1.807) is 0 Å². The fraction of sp³-hybridized carbons (Fsp3) is 0.115. The molecular formula is C104H83BN2S. The zero-order valence-corrected chi connectivity index (χ0v) is 63.5. The normalized spacial score (nSPS) is 12.8. The SMILES string of the molecule is CC(C)(C)c1cc(-c2ccccc2)c(N2c3cc(-c4ccc5c(-c6ccccc6)c6ccccc6c(-c6ccccc6)c5c4)ccc3B3c4ccc(-c5cccc6c5sc5ccccc56)cc4N(c4c(-c5ccccc5)cc(C(C)(C)C)cc4-c4ccccc4)c4cc(C(C)(C)C)cc2c43)c(-c2ccccc2)c1. The Morgan fingerprint density at radius 3 is 1.03 bits per heavy atom. The Kier molecular flexibility index (Phi) is 16.0. The zero-order valence-electron chi connectivity index (χ0n) is 62.7. The second kappa shape index (κ2) is 25.9. The van der Waals surface area contributed by atoms with Gasteiger partial charge >= 0.3 is 0 Å². The van der Waals surface area contributed by atoms with E-state index in [0.29, 0.717) is 0 Å². The number of thiophene rings is 1. The van der Waals surface area contributed by atoms with Gasteiger partial charge in [0, 0.05) is 65.2 Å². The fourth-order valence-electron chi connectivity index (χ4n) is 17.4. The first-order chi connectivity index (χ1) is 52.5. The van der Waals surface area contributed by atoms with Crippen molar-refractivity contribution in [3.8, 4) is 89.0 Å². The first-order valence-electron chi connectivity index (χ1n) is 38.2. The van der Waals surface area contributed by atoms with Crippen LogP contribution in [0.25, 0.3) is 131 Å². The molecule has 0 bridgehead atoms. The lowest BCUT2D eigenvalue weighted by Gasteiger charge is -2.47. The van der Waals surface area contributed by atoms with Gasteiger partial charge in [-0.2, -0.15) is 0 Å². The molecule has 16 aromatic carbocycles. The predicted octanol–water partition coefficient (Wildman–Crippen LogP) is 27.7. The topological polar surface area (TPSA) is 6.48 Å². The number of hydrogen-bond acceptors (Lipinski definition) is 3. The van der Waals surface area contributed by atoms with Crippen molar-refractivity contribution in [2.24, 2.45) is 0 Å². The molecule has 2 nitrogen and oxygen atoms in total. The highest BCUT2D eigenvalue weighted by Gasteiger charge is 2.47. The van der Waals surface area contributed by atoms with Crippen LogP contribution in [0.5, 0.6) is 0 Å². The molecule has 0 aliphatic carbocycles. The maximum Gasteiger partial charge on any atom is 0.252 e. The van der Waals surface area contributed by atoms with E-state index in [2.05, 4.69) is 412 Å². The summed E-state index contributed by atoms with van der Waals surface area (Å²) < 4.78 is 2.59. The van der Waals surface area contributed by atoms with Gasteiger partial charge in [-0.05, 0) is 198 Å². The lowest BCUT2D eigenvalue weighted by molar-refractivity contribution is 0.590. The molecule has 3 heterocycles. The molecule has 108 heavy (non-hydrogen) atoms. The van der Waals surface area contributed by atoms with Crippen LogP contribution in [0.4, 0.5) is 34.1 Å². The van der Waals surface area contributed by atoms with Gasteiger partial charge in [0.2, 0.25) is 0 Å². The summed E-state index contributed by atoms with van der Waals surface area (Å²) in [5.74, 6) is 0. The van der Waals surface area contributed by atoms with Crippen LogP contribution in [-0.4, -0.2) is 6.71 Å². The van der Waals surface area contributed by atoms with Gasteiger partial charge in [-0.25, -0.2) is 0 Å². The molecule has 0 saturated carbocycles. The van der Waals surface area contributed by atoms with Gasteiger partial charge in [-0.1, -0.05) is 341 Å². The van der Waals surface area contributed by atoms with E-state index in [-0.39, 0.29) is 23.0 Å². The van der Waals surface area contributed by atoms with Crippen molar-refractivity contribution >= 4 is 110 Å². The van der Waals surface area contributed by atoms with Crippen molar-refractivity contribution in [1.29, 1.82) is 0 Å². The molecule has 1 aromatic heterocycles. The summed E-state index contributed by atoms with van der Waals surface area (Å²) in [5.41, 5.74) is 32.7. The average Bonchev–Trinajstić information content (AvgIpc) is 0.754. The zero-order chi connectivity index (χ0) is 73.3. The number of nitrogens with zero attached hydrogens (tertiary/aromatic N) is 2. The Balaban J connectivity index is 0.973. The molecule has 0 saturated heterocycles. The van der Waals surface area contributed by atoms with Gasteiger partial charge in [0.15, 0.2) is 0 Å². The number of fused-ring (bicyclic) bond motifs is 9. The highest BCUT2D eigenvalue weighted by molar-refractivity contribution is 7.26. The van der Waals surface area contributed by atoms with Gasteiger partial charge in [0.25, 0.3) is 6.71 Å². The summed E-state index contributed by atoms with van der Waals surface area (Å²) in [6, 6.07) is 130. The molecule has 0 N–H and O–H groups in total. The van der Waals surface area contributed by atoms with E-state index < -0.39 is 0 Å². The maximum atomic E-state index is 2.75. The minimum Gasteiger partial charge on any atom is -0.310 e. The van der Waals surface area contributed by atoms with Gasteiger partial charge in [-0.15, -0.1) is 11.3 Å². The Bertz CT molecular complexity index is 6280. The van der Waals surface area contributed by atoms with Crippen LogP contribution in [0.15, 0.2) is 340 Å². The molecule has 0 spiro atoms. The van der Waals surface area contributed by atoms with E-state index in [9.17, 15) is 0 Å². The minimum absolute atomic E-state index is 0.188. The number of anilines is 6. The number of rotatable bonds is 10. The third kappa shape index (κ3) is 11.2. The van der Waals surface area contributed by atoms with Gasteiger partial charge < -0.3 is 9.80 Å². The van der Waals surface area contributed by atoms with Crippen LogP contribution in [0.2, 0.25) is 0 Å². The monoisotopic (exact) mass is 1400 g/mol. The molecule has 17 aromatic rings. The second-order valence-corrected chi connectivity index (χ2v) is 33.8. The molecule has 0 amide bonds. The molecular weight excluding hydrogens is 1320 g/mol. The lowest BCUT2D eigenvalue weighted by atomic mass is 9.33. The third-order valence-corrected chi connectivity index (χ3v) is 24.1. The van der Waals surface area contributed by atoms with Crippen LogP contribution in [-0.2, 0) is 16.2 Å². The maximum absolute atomic E-state index is 2.75. The van der Waals surface area contributed by atoms with Gasteiger partial charge in [0.1, 0.15) is 0 Å². The van der Waals surface area contributed by atoms with Crippen molar-refractivity contribution in [2.45, 2.75) is 78.6 Å². The second-order valence-electron chi connectivity index (χ2n) is 32.7. The van der Waals surface area contributed by atoms with Crippen molar-refractivity contribution in [2.75, 3.05) is 9.80 Å². The third-order valence-electron chi connectivity index (χ3n) is 22.9. The molecule has 0 radical (unpaired) electrons. The summed E-state index contributed by atoms with van der Waals surface area (Å²) in [6.45, 7) is 21.2. The van der Waals surface area contributed by atoms with E-state index in [0.717, 1.165) is 50.7 Å². The summed E-state index contributed by atoms with van der Waals surface area (Å²) in [4.78, 5) is 5.49. The first kappa shape index (κ1) is 66.6. The summed E-state index contributed by atoms with van der Waals surface area (Å²) >= 11 is 1.90. The van der Waals surface area contributed by atoms with E-state index in [1.807, 2.05) is 11.3 Å². The molecule has 2 aliphatic rings. The summed E-state index contributed by atoms with van der Waals surface area (Å²) in [7, 11) is 0. The first-order valence-corrected chi connectivity index (χ1v) is 39.0. The van der Waals surface area contributed by atoms with Crippen molar-refractivity contribution in [1.82, 2.24) is 0 Å². The molecule has 0 fully saturated rings. The smallest absolute Gasteiger partial charge is 0.252 e. The number of benzene rings is 16. The number of hydrogen-bond donors (Lipinski definition) is 0. The molecule has 4 heteroatoms. The standard InChI is InChI=1S/C104H83BN2S/c1-102(2,3)75-60-84(66-33-16-10-17-34-66)99(85(61-75)67-35-18-11-19-36-67)106-91-58-73(72-51-54-82-88(57-72)97(71-43-26-15-27-44-71)81-47-29-28-46-80(81)96(82)70-41-24-14-25-42-70)52-55-89(91)105-90-56-53-74(78-48-32-49-83-79-45-30-31-50-95(79)108-101(78)83)59-92(90)107(94-65-77(104(7,8)9)64-93(106)98(94)105)100-86(68-37-20-12-21-38-68)62-76(103(4,5)6)63-87(100)69-39-22-13-23-40-69/h10-65H,1-9H3. The highest BCUT2D eigenvalue weighted by Crippen LogP contribution is 2.57. The molecule has 19 rings (SSSR count). The molecule has 518 valence electrons. The van der Waals surface area contributed by atoms with E-state index >= 15 is 0 Å². The summed E-state index contributed by atoms with van der Waals surface area (Å²) in [5, 5.41) is 7.50. The molecule has 0 atom stereocenters. The average molecular weight is 1400 g/mol. The van der Waals surface area contributed by atoms with Crippen LogP contribution in [0, 0.1) is 0 Å². The van der Waals surface area contributed by atoms with Gasteiger partial charge in [0.05, 0.1) is 11.4 Å². The van der Waals surface area contributed by atoms with Crippen molar-refractivity contribution in [3.63, 3.8) is 0 Å². The van der Waals surface area contributed by atoms with E-state index in [4.69, 9.17) is 0 Å². The lowest BCUT2D eigenvalue weighted by Crippen LogP contribution is -2.61. The Hall–Kier alpha value is -12.1. The van der Waals surface area contributed by atoms with Crippen LogP contribution in [0.3, 0.4) is 0 Å². The van der Waals surface area contributed by atoms with Crippen molar-refractivity contribution in [3.05, 3.63) is 356 Å². The Morgan fingerprint density at radius 1 is 0.241 bits per heavy atom. The molecule has 0 unspecified atom stereocenters. The highest BCUT2D eigenvalue weighted by atomic mass is 32.1.